The van der Waals surface area contributed by atoms with Crippen LogP contribution >= 0.6 is 35.6 Å². The zero-order chi connectivity index (χ0) is 16.6. The van der Waals surface area contributed by atoms with E-state index in [-0.39, 0.29) is 24.4 Å². The molecule has 2 heterocycles. The summed E-state index contributed by atoms with van der Waals surface area (Å²) >= 11 is 12.1. The Morgan fingerprint density at radius 3 is 2.79 bits per heavy atom. The largest absolute Gasteiger partial charge is 0.336 e. The maximum Gasteiger partial charge on any atom is 0.257 e. The van der Waals surface area contributed by atoms with Gasteiger partial charge in [0, 0.05) is 23.8 Å². The highest BCUT2D eigenvalue weighted by Gasteiger charge is 2.32. The normalized spacial score (nSPS) is 20.1. The smallest absolute Gasteiger partial charge is 0.257 e. The van der Waals surface area contributed by atoms with Crippen LogP contribution in [0, 0.1) is 5.92 Å². The average molecular weight is 390 g/mol. The molecule has 1 fully saturated rings. The van der Waals surface area contributed by atoms with Crippen molar-refractivity contribution in [2.75, 3.05) is 13.1 Å². The molecule has 24 heavy (non-hydrogen) atoms. The van der Waals surface area contributed by atoms with E-state index in [1.54, 1.807) is 35.3 Å². The summed E-state index contributed by atoms with van der Waals surface area (Å²) in [6.45, 7) is 3.35. The number of carbonyl (C=O) groups excluding carboxylic acids is 1. The van der Waals surface area contributed by atoms with Gasteiger partial charge in [0.2, 0.25) is 0 Å². The van der Waals surface area contributed by atoms with Crippen molar-refractivity contribution in [1.29, 1.82) is 0 Å². The van der Waals surface area contributed by atoms with E-state index < -0.39 is 0 Å². The van der Waals surface area contributed by atoms with Crippen LogP contribution in [0.3, 0.4) is 0 Å². The molecule has 1 aromatic heterocycles. The van der Waals surface area contributed by atoms with Crippen LogP contribution in [0.1, 0.15) is 23.7 Å². The van der Waals surface area contributed by atoms with Gasteiger partial charge in [-0.1, -0.05) is 23.2 Å². The van der Waals surface area contributed by atoms with Gasteiger partial charge in [-0.05, 0) is 44.0 Å². The Hall–Kier alpha value is -1.27. The van der Waals surface area contributed by atoms with E-state index in [4.69, 9.17) is 28.9 Å². The third-order valence-corrected chi connectivity index (χ3v) is 4.78. The van der Waals surface area contributed by atoms with Crippen LogP contribution in [0.25, 0.3) is 5.69 Å². The lowest BCUT2D eigenvalue weighted by atomic mass is 10.1. The van der Waals surface area contributed by atoms with Crippen LogP contribution < -0.4 is 5.73 Å². The molecule has 8 heteroatoms. The van der Waals surface area contributed by atoms with E-state index in [0.717, 1.165) is 6.42 Å². The second-order valence-corrected chi connectivity index (χ2v) is 6.76. The third-order valence-electron chi connectivity index (χ3n) is 4.24. The van der Waals surface area contributed by atoms with Gasteiger partial charge in [0.15, 0.2) is 0 Å². The zero-order valence-corrected chi connectivity index (χ0v) is 15.5. The number of nitrogens with two attached hydrogens (primary N) is 1. The van der Waals surface area contributed by atoms with Gasteiger partial charge in [0.05, 0.1) is 22.5 Å². The molecule has 0 bridgehead atoms. The summed E-state index contributed by atoms with van der Waals surface area (Å²) in [6, 6.07) is 5.35. The number of likely N-dealkylation sites (tertiary alicyclic amines) is 1. The first kappa shape index (κ1) is 19.1. The van der Waals surface area contributed by atoms with Gasteiger partial charge in [0.25, 0.3) is 5.91 Å². The molecule has 2 unspecified atom stereocenters. The highest BCUT2D eigenvalue weighted by atomic mass is 35.5. The predicted molar refractivity (Wildman–Crippen MR) is 98.5 cm³/mol. The lowest BCUT2D eigenvalue weighted by molar-refractivity contribution is 0.0743. The lowest BCUT2D eigenvalue weighted by Crippen LogP contribution is -2.34. The fourth-order valence-corrected chi connectivity index (χ4v) is 3.49. The first-order valence-electron chi connectivity index (χ1n) is 7.50. The molecule has 1 amide bonds. The van der Waals surface area contributed by atoms with Crippen molar-refractivity contribution in [1.82, 2.24) is 14.7 Å². The number of benzene rings is 1. The molecule has 1 aromatic carbocycles. The van der Waals surface area contributed by atoms with E-state index in [1.807, 2.05) is 11.8 Å². The van der Waals surface area contributed by atoms with Crippen molar-refractivity contribution in [3.8, 4) is 5.69 Å². The van der Waals surface area contributed by atoms with E-state index in [9.17, 15) is 4.79 Å². The molecule has 2 N–H and O–H groups in total. The highest BCUT2D eigenvalue weighted by Crippen LogP contribution is 2.26. The molecular formula is C16H19Cl3N4O. The Morgan fingerprint density at radius 2 is 2.17 bits per heavy atom. The molecule has 1 saturated heterocycles. The van der Waals surface area contributed by atoms with Crippen LogP contribution in [0.4, 0.5) is 0 Å². The number of amides is 1. The standard InChI is InChI=1S/C16H18Cl2N4O.ClH/c1-10-4-11(6-19)8-21(10)16(23)12-7-20-22(9-12)15-3-2-13(17)5-14(15)18;/h2-3,5,7,9-11H,4,6,8,19H2,1H3;1H. The topological polar surface area (TPSA) is 64.2 Å². The Bertz CT molecular complexity index is 734. The molecular weight excluding hydrogens is 371 g/mol. The molecule has 2 aromatic rings. The maximum absolute atomic E-state index is 12.7. The lowest BCUT2D eigenvalue weighted by Gasteiger charge is -2.20. The molecule has 0 aliphatic carbocycles. The minimum atomic E-state index is -0.0233. The number of rotatable bonds is 3. The van der Waals surface area contributed by atoms with E-state index in [2.05, 4.69) is 5.10 Å². The Balaban J connectivity index is 0.00000208. The number of aromatic nitrogens is 2. The Kier molecular flexibility index (Phi) is 6.15. The van der Waals surface area contributed by atoms with Crippen molar-refractivity contribution in [3.05, 3.63) is 46.2 Å². The molecule has 0 spiro atoms. The summed E-state index contributed by atoms with van der Waals surface area (Å²) < 4.78 is 1.59. The Morgan fingerprint density at radius 1 is 1.42 bits per heavy atom. The van der Waals surface area contributed by atoms with E-state index in [0.29, 0.717) is 40.3 Å². The van der Waals surface area contributed by atoms with Gasteiger partial charge in [-0.25, -0.2) is 4.68 Å². The summed E-state index contributed by atoms with van der Waals surface area (Å²) in [5, 5.41) is 5.29. The molecule has 2 atom stereocenters. The van der Waals surface area contributed by atoms with Crippen molar-refractivity contribution < 1.29 is 4.79 Å². The number of hydrogen-bond donors (Lipinski definition) is 1. The van der Waals surface area contributed by atoms with Crippen molar-refractivity contribution in [2.24, 2.45) is 11.7 Å². The monoisotopic (exact) mass is 388 g/mol. The average Bonchev–Trinajstić information content (AvgIpc) is 3.13. The van der Waals surface area contributed by atoms with Crippen LogP contribution in [-0.4, -0.2) is 39.7 Å². The molecule has 5 nitrogen and oxygen atoms in total. The van der Waals surface area contributed by atoms with E-state index in [1.165, 1.54) is 0 Å². The summed E-state index contributed by atoms with van der Waals surface area (Å²) in [5.41, 5.74) is 6.95. The van der Waals surface area contributed by atoms with E-state index >= 15 is 0 Å². The zero-order valence-electron chi connectivity index (χ0n) is 13.2. The molecule has 0 radical (unpaired) electrons. The van der Waals surface area contributed by atoms with Crippen LogP contribution in [0.15, 0.2) is 30.6 Å². The number of hydrogen-bond acceptors (Lipinski definition) is 3. The third kappa shape index (κ3) is 3.70. The molecule has 3 rings (SSSR count). The Labute approximate surface area is 157 Å². The minimum Gasteiger partial charge on any atom is -0.336 e. The SMILES string of the molecule is CC1CC(CN)CN1C(=O)c1cnn(-c2ccc(Cl)cc2Cl)c1.Cl. The second-order valence-electron chi connectivity index (χ2n) is 5.91. The molecule has 0 saturated carbocycles. The minimum absolute atomic E-state index is 0. The first-order chi connectivity index (χ1) is 11.0. The molecule has 130 valence electrons. The van der Waals surface area contributed by atoms with Crippen LogP contribution in [0.2, 0.25) is 10.0 Å². The van der Waals surface area contributed by atoms with Gasteiger partial charge < -0.3 is 10.6 Å². The van der Waals surface area contributed by atoms with Crippen LogP contribution in [-0.2, 0) is 0 Å². The van der Waals surface area contributed by atoms with Crippen molar-refractivity contribution in [3.63, 3.8) is 0 Å². The maximum atomic E-state index is 12.7. The van der Waals surface area contributed by atoms with Gasteiger partial charge in [-0.15, -0.1) is 12.4 Å². The van der Waals surface area contributed by atoms with Crippen molar-refractivity contribution >= 4 is 41.5 Å². The van der Waals surface area contributed by atoms with Gasteiger partial charge in [0.1, 0.15) is 0 Å². The quantitative estimate of drug-likeness (QED) is 0.875. The summed E-state index contributed by atoms with van der Waals surface area (Å²) in [4.78, 5) is 14.5. The fraction of sp³-hybridized carbons (Fsp3) is 0.375. The first-order valence-corrected chi connectivity index (χ1v) is 8.26. The van der Waals surface area contributed by atoms with Crippen molar-refractivity contribution in [2.45, 2.75) is 19.4 Å². The molecule has 1 aliphatic rings. The van der Waals surface area contributed by atoms with Gasteiger partial charge in [-0.2, -0.15) is 5.10 Å². The predicted octanol–water partition coefficient (Wildman–Crippen LogP) is 3.41. The summed E-state index contributed by atoms with van der Waals surface area (Å²) in [7, 11) is 0. The number of halogens is 3. The second kappa shape index (κ2) is 7.74. The van der Waals surface area contributed by atoms with Crippen LogP contribution in [0.5, 0.6) is 0 Å². The summed E-state index contributed by atoms with van der Waals surface area (Å²) in [6.07, 6.45) is 4.20. The molecule has 1 aliphatic heterocycles. The van der Waals surface area contributed by atoms with Gasteiger partial charge in [-0.3, -0.25) is 4.79 Å². The number of carbonyl (C=O) groups is 1. The fourth-order valence-electron chi connectivity index (χ4n) is 2.99. The number of nitrogens with zero attached hydrogens (tertiary/aromatic N) is 3. The van der Waals surface area contributed by atoms with Gasteiger partial charge >= 0.3 is 0 Å². The summed E-state index contributed by atoms with van der Waals surface area (Å²) in [5.74, 6) is 0.347. The highest BCUT2D eigenvalue weighted by molar-refractivity contribution is 6.35.